The number of rotatable bonds is 1. The Hall–Kier alpha value is -1.95. The molecule has 4 nitrogen and oxygen atoms in total. The smallest absolute Gasteiger partial charge is 0.207 e. The molecular weight excluding hydrogens is 311 g/mol. The van der Waals surface area contributed by atoms with Crippen LogP contribution in [0.2, 0.25) is 0 Å². The first-order valence-electron chi connectivity index (χ1n) is 5.64. The highest BCUT2D eigenvalue weighted by atomic mass is 79.9. The molecule has 3 aromatic rings. The maximum atomic E-state index is 14.1. The fourth-order valence-electron chi connectivity index (χ4n) is 1.99. The van der Waals surface area contributed by atoms with E-state index in [-0.39, 0.29) is 11.8 Å². The van der Waals surface area contributed by atoms with Crippen molar-refractivity contribution in [3.05, 3.63) is 46.3 Å². The Morgan fingerprint density at radius 1 is 1.21 bits per heavy atom. The zero-order valence-electron chi connectivity index (χ0n) is 10.1. The molecule has 3 rings (SSSR count). The largest absolute Gasteiger partial charge is 0.369 e. The minimum atomic E-state index is -0.385. The summed E-state index contributed by atoms with van der Waals surface area (Å²) in [5, 5.41) is 0. The van der Waals surface area contributed by atoms with Gasteiger partial charge in [-0.3, -0.25) is 4.57 Å². The average molecular weight is 321 g/mol. The number of aromatic nitrogens is 3. The van der Waals surface area contributed by atoms with Gasteiger partial charge in [0.05, 0.1) is 0 Å². The van der Waals surface area contributed by atoms with E-state index < -0.39 is 0 Å². The number of imidazole rings is 1. The van der Waals surface area contributed by atoms with Gasteiger partial charge in [-0.05, 0) is 47.1 Å². The number of anilines is 1. The van der Waals surface area contributed by atoms with Crippen molar-refractivity contribution in [3.8, 4) is 5.69 Å². The predicted molar refractivity (Wildman–Crippen MR) is 75.7 cm³/mol. The molecule has 0 bridgehead atoms. The first kappa shape index (κ1) is 12.1. The van der Waals surface area contributed by atoms with Crippen LogP contribution in [0.3, 0.4) is 0 Å². The quantitative estimate of drug-likeness (QED) is 0.749. The highest BCUT2D eigenvalue weighted by molar-refractivity contribution is 9.10. The summed E-state index contributed by atoms with van der Waals surface area (Å²) >= 11 is 3.33. The Bertz CT molecular complexity index is 761. The predicted octanol–water partition coefficient (Wildman–Crippen LogP) is 3.21. The lowest BCUT2D eigenvalue weighted by Crippen LogP contribution is -2.05. The van der Waals surface area contributed by atoms with Crippen molar-refractivity contribution in [2.75, 3.05) is 5.73 Å². The molecule has 0 aliphatic carbocycles. The molecule has 0 amide bonds. The van der Waals surface area contributed by atoms with Crippen LogP contribution in [0, 0.1) is 12.7 Å². The van der Waals surface area contributed by atoms with Crippen molar-refractivity contribution in [2.24, 2.45) is 0 Å². The van der Waals surface area contributed by atoms with Gasteiger partial charge in [0.2, 0.25) is 5.95 Å². The lowest BCUT2D eigenvalue weighted by atomic mass is 10.3. The van der Waals surface area contributed by atoms with E-state index in [0.29, 0.717) is 21.3 Å². The molecule has 6 heteroatoms. The minimum absolute atomic E-state index is 0.207. The van der Waals surface area contributed by atoms with Gasteiger partial charge >= 0.3 is 0 Å². The summed E-state index contributed by atoms with van der Waals surface area (Å²) < 4.78 is 16.2. The SMILES string of the molecule is Cc1ccc2nc(N)n(-c3c(F)cccc3Br)c2n1. The number of nitrogen functional groups attached to an aromatic ring is 1. The number of fused-ring (bicyclic) bond motifs is 1. The Balaban J connectivity index is 2.42. The molecule has 0 radical (unpaired) electrons. The fourth-order valence-corrected chi connectivity index (χ4v) is 2.51. The van der Waals surface area contributed by atoms with E-state index in [1.54, 1.807) is 12.1 Å². The van der Waals surface area contributed by atoms with Gasteiger partial charge in [0.25, 0.3) is 0 Å². The van der Waals surface area contributed by atoms with Crippen LogP contribution >= 0.6 is 15.9 Å². The molecule has 0 spiro atoms. The second-order valence-electron chi connectivity index (χ2n) is 4.17. The number of nitrogens with two attached hydrogens (primary N) is 1. The Labute approximate surface area is 117 Å². The summed E-state index contributed by atoms with van der Waals surface area (Å²) in [5.74, 6) is -0.178. The molecule has 1 aromatic carbocycles. The third kappa shape index (κ3) is 1.88. The second-order valence-corrected chi connectivity index (χ2v) is 5.03. The summed E-state index contributed by atoms with van der Waals surface area (Å²) in [5.41, 5.74) is 8.22. The van der Waals surface area contributed by atoms with Gasteiger partial charge in [0.15, 0.2) is 5.65 Å². The molecule has 2 N–H and O–H groups in total. The highest BCUT2D eigenvalue weighted by Gasteiger charge is 2.17. The van der Waals surface area contributed by atoms with Gasteiger partial charge in [-0.15, -0.1) is 0 Å². The van der Waals surface area contributed by atoms with Gasteiger partial charge < -0.3 is 5.73 Å². The van der Waals surface area contributed by atoms with Crippen molar-refractivity contribution < 1.29 is 4.39 Å². The van der Waals surface area contributed by atoms with Crippen LogP contribution in [0.25, 0.3) is 16.9 Å². The average Bonchev–Trinajstić information content (AvgIpc) is 2.66. The van der Waals surface area contributed by atoms with Crippen molar-refractivity contribution in [3.63, 3.8) is 0 Å². The molecule has 0 aliphatic heterocycles. The third-order valence-corrected chi connectivity index (χ3v) is 3.47. The van der Waals surface area contributed by atoms with Crippen molar-refractivity contribution in [1.29, 1.82) is 0 Å². The van der Waals surface area contributed by atoms with E-state index in [0.717, 1.165) is 5.69 Å². The molecule has 0 saturated carbocycles. The van der Waals surface area contributed by atoms with E-state index in [9.17, 15) is 4.39 Å². The monoisotopic (exact) mass is 320 g/mol. The van der Waals surface area contributed by atoms with Crippen LogP contribution < -0.4 is 5.73 Å². The molecule has 0 atom stereocenters. The summed E-state index contributed by atoms with van der Waals surface area (Å²) in [4.78, 5) is 8.59. The van der Waals surface area contributed by atoms with Gasteiger partial charge in [-0.25, -0.2) is 14.4 Å². The van der Waals surface area contributed by atoms with Crippen LogP contribution in [-0.4, -0.2) is 14.5 Å². The van der Waals surface area contributed by atoms with Gasteiger partial charge in [0.1, 0.15) is 17.0 Å². The van der Waals surface area contributed by atoms with E-state index in [1.807, 2.05) is 19.1 Å². The molecule has 0 saturated heterocycles. The third-order valence-electron chi connectivity index (χ3n) is 2.83. The molecule has 0 unspecified atom stereocenters. The first-order valence-corrected chi connectivity index (χ1v) is 6.43. The summed E-state index contributed by atoms with van der Waals surface area (Å²) in [7, 11) is 0. The van der Waals surface area contributed by atoms with Crippen molar-refractivity contribution in [1.82, 2.24) is 14.5 Å². The standard InChI is InChI=1S/C13H10BrFN4/c1-7-5-6-10-12(17-7)19(13(16)18-10)11-8(14)3-2-4-9(11)15/h2-6H,1H3,(H2,16,18). The summed E-state index contributed by atoms with van der Waals surface area (Å²) in [6.45, 7) is 1.86. The van der Waals surface area contributed by atoms with Crippen LogP contribution in [0.1, 0.15) is 5.69 Å². The highest BCUT2D eigenvalue weighted by Crippen LogP contribution is 2.29. The zero-order valence-corrected chi connectivity index (χ0v) is 11.6. The number of halogens is 2. The summed E-state index contributed by atoms with van der Waals surface area (Å²) in [6.07, 6.45) is 0. The van der Waals surface area contributed by atoms with Crippen molar-refractivity contribution in [2.45, 2.75) is 6.92 Å². The van der Waals surface area contributed by atoms with Gasteiger partial charge in [-0.1, -0.05) is 6.07 Å². The van der Waals surface area contributed by atoms with Crippen LogP contribution in [-0.2, 0) is 0 Å². The molecular formula is C13H10BrFN4. The number of nitrogens with zero attached hydrogens (tertiary/aromatic N) is 3. The molecule has 96 valence electrons. The number of pyridine rings is 1. The number of aryl methyl sites for hydroxylation is 1. The normalized spacial score (nSPS) is 11.1. The zero-order chi connectivity index (χ0) is 13.6. The van der Waals surface area contributed by atoms with E-state index in [4.69, 9.17) is 5.73 Å². The minimum Gasteiger partial charge on any atom is -0.369 e. The van der Waals surface area contributed by atoms with E-state index >= 15 is 0 Å². The van der Waals surface area contributed by atoms with E-state index in [1.165, 1.54) is 10.6 Å². The second kappa shape index (κ2) is 4.31. The lowest BCUT2D eigenvalue weighted by Gasteiger charge is -2.09. The van der Waals surface area contributed by atoms with Gasteiger partial charge in [-0.2, -0.15) is 0 Å². The molecule has 0 aliphatic rings. The molecule has 2 heterocycles. The summed E-state index contributed by atoms with van der Waals surface area (Å²) in [6, 6.07) is 8.41. The molecule has 19 heavy (non-hydrogen) atoms. The van der Waals surface area contributed by atoms with Crippen LogP contribution in [0.5, 0.6) is 0 Å². The number of benzene rings is 1. The van der Waals surface area contributed by atoms with Gasteiger partial charge in [0, 0.05) is 10.2 Å². The Morgan fingerprint density at radius 2 is 2.00 bits per heavy atom. The Kier molecular flexibility index (Phi) is 2.74. The van der Waals surface area contributed by atoms with Crippen LogP contribution in [0.15, 0.2) is 34.8 Å². The number of hydrogen-bond donors (Lipinski definition) is 1. The maximum absolute atomic E-state index is 14.1. The van der Waals surface area contributed by atoms with Crippen molar-refractivity contribution >= 4 is 33.0 Å². The topological polar surface area (TPSA) is 56.7 Å². The number of hydrogen-bond acceptors (Lipinski definition) is 3. The molecule has 0 fully saturated rings. The van der Waals surface area contributed by atoms with E-state index in [2.05, 4.69) is 25.9 Å². The Morgan fingerprint density at radius 3 is 2.74 bits per heavy atom. The molecule has 2 aromatic heterocycles. The fraction of sp³-hybridized carbons (Fsp3) is 0.0769. The number of para-hydroxylation sites is 1. The lowest BCUT2D eigenvalue weighted by molar-refractivity contribution is 0.618. The first-order chi connectivity index (χ1) is 9.08. The maximum Gasteiger partial charge on any atom is 0.207 e. The van der Waals surface area contributed by atoms with Crippen LogP contribution in [0.4, 0.5) is 10.3 Å².